The molecule has 0 spiro atoms. The van der Waals surface area contributed by atoms with Gasteiger partial charge in [0.05, 0.1) is 4.92 Å². The van der Waals surface area contributed by atoms with Gasteiger partial charge in [0.2, 0.25) is 0 Å². The predicted octanol–water partition coefficient (Wildman–Crippen LogP) is 3.42. The second kappa shape index (κ2) is 6.71. The SMILES string of the molecule is CCC(Cc1cc(Cl)ccc1[N+](=O)[O-])C(C)NC. The zero-order valence-corrected chi connectivity index (χ0v) is 11.7. The third-order valence-corrected chi connectivity index (χ3v) is 3.64. The van der Waals surface area contributed by atoms with Gasteiger partial charge in [-0.1, -0.05) is 24.9 Å². The molecule has 1 aromatic carbocycles. The number of rotatable bonds is 6. The first kappa shape index (κ1) is 14.9. The number of nitro groups is 1. The van der Waals surface area contributed by atoms with Crippen molar-refractivity contribution in [1.82, 2.24) is 5.32 Å². The molecule has 100 valence electrons. The number of nitro benzene ring substituents is 1. The predicted molar refractivity (Wildman–Crippen MR) is 74.1 cm³/mol. The van der Waals surface area contributed by atoms with E-state index in [9.17, 15) is 10.1 Å². The first-order valence-electron chi connectivity index (χ1n) is 6.09. The summed E-state index contributed by atoms with van der Waals surface area (Å²) in [7, 11) is 1.90. The summed E-state index contributed by atoms with van der Waals surface area (Å²) in [5.74, 6) is 0.354. The quantitative estimate of drug-likeness (QED) is 0.636. The van der Waals surface area contributed by atoms with Crippen molar-refractivity contribution in [1.29, 1.82) is 0 Å². The average molecular weight is 271 g/mol. The molecular weight excluding hydrogens is 252 g/mol. The third kappa shape index (κ3) is 3.68. The number of hydrogen-bond acceptors (Lipinski definition) is 3. The molecular formula is C13H19ClN2O2. The Labute approximate surface area is 112 Å². The Kier molecular flexibility index (Phi) is 5.56. The molecule has 1 N–H and O–H groups in total. The Morgan fingerprint density at radius 3 is 2.67 bits per heavy atom. The zero-order valence-electron chi connectivity index (χ0n) is 10.9. The largest absolute Gasteiger partial charge is 0.317 e. The number of hydrogen-bond donors (Lipinski definition) is 1. The van der Waals surface area contributed by atoms with Crippen LogP contribution in [0.3, 0.4) is 0 Å². The van der Waals surface area contributed by atoms with Gasteiger partial charge < -0.3 is 5.32 Å². The minimum absolute atomic E-state index is 0.154. The highest BCUT2D eigenvalue weighted by molar-refractivity contribution is 6.30. The van der Waals surface area contributed by atoms with Crippen LogP contribution in [-0.4, -0.2) is 18.0 Å². The van der Waals surface area contributed by atoms with Gasteiger partial charge in [0.25, 0.3) is 5.69 Å². The van der Waals surface area contributed by atoms with E-state index in [-0.39, 0.29) is 10.6 Å². The Morgan fingerprint density at radius 2 is 2.17 bits per heavy atom. The first-order chi connectivity index (χ1) is 8.49. The van der Waals surface area contributed by atoms with E-state index in [1.54, 1.807) is 12.1 Å². The van der Waals surface area contributed by atoms with Crippen molar-refractivity contribution in [3.05, 3.63) is 38.9 Å². The molecule has 2 atom stereocenters. The maximum absolute atomic E-state index is 11.0. The van der Waals surface area contributed by atoms with Crippen LogP contribution in [0.15, 0.2) is 18.2 Å². The molecule has 0 aliphatic heterocycles. The molecule has 0 fully saturated rings. The van der Waals surface area contributed by atoms with Crippen LogP contribution in [0.1, 0.15) is 25.8 Å². The van der Waals surface area contributed by atoms with E-state index in [0.29, 0.717) is 29.0 Å². The number of nitrogens with one attached hydrogen (secondary N) is 1. The number of benzene rings is 1. The maximum atomic E-state index is 11.0. The Hall–Kier alpha value is -1.13. The van der Waals surface area contributed by atoms with Gasteiger partial charge in [-0.15, -0.1) is 0 Å². The highest BCUT2D eigenvalue weighted by atomic mass is 35.5. The summed E-state index contributed by atoms with van der Waals surface area (Å²) in [5, 5.41) is 14.7. The summed E-state index contributed by atoms with van der Waals surface area (Å²) in [6, 6.07) is 5.05. The molecule has 1 aromatic rings. The van der Waals surface area contributed by atoms with Gasteiger partial charge in [-0.25, -0.2) is 0 Å². The molecule has 1 rings (SSSR count). The summed E-state index contributed by atoms with van der Waals surface area (Å²) in [4.78, 5) is 10.6. The minimum Gasteiger partial charge on any atom is -0.317 e. The van der Waals surface area contributed by atoms with Gasteiger partial charge in [-0.3, -0.25) is 10.1 Å². The van der Waals surface area contributed by atoms with E-state index < -0.39 is 0 Å². The van der Waals surface area contributed by atoms with Gasteiger partial charge in [-0.2, -0.15) is 0 Å². The second-order valence-corrected chi connectivity index (χ2v) is 4.92. The molecule has 0 bridgehead atoms. The summed E-state index contributed by atoms with van der Waals surface area (Å²) < 4.78 is 0. The minimum atomic E-state index is -0.345. The normalized spacial score (nSPS) is 14.2. The monoisotopic (exact) mass is 270 g/mol. The summed E-state index contributed by atoms with van der Waals surface area (Å²) in [6.07, 6.45) is 1.63. The van der Waals surface area contributed by atoms with Crippen molar-refractivity contribution in [2.24, 2.45) is 5.92 Å². The van der Waals surface area contributed by atoms with Gasteiger partial charge in [0.15, 0.2) is 0 Å². The molecule has 0 aliphatic carbocycles. The van der Waals surface area contributed by atoms with E-state index in [1.165, 1.54) is 6.07 Å². The van der Waals surface area contributed by atoms with E-state index in [4.69, 9.17) is 11.6 Å². The Bertz CT molecular complexity index is 423. The van der Waals surface area contributed by atoms with Crippen molar-refractivity contribution >= 4 is 17.3 Å². The average Bonchev–Trinajstić information content (AvgIpc) is 2.34. The zero-order chi connectivity index (χ0) is 13.7. The van der Waals surface area contributed by atoms with Crippen LogP contribution in [-0.2, 0) is 6.42 Å². The van der Waals surface area contributed by atoms with Crippen molar-refractivity contribution < 1.29 is 4.92 Å². The van der Waals surface area contributed by atoms with Gasteiger partial charge in [0.1, 0.15) is 0 Å². The lowest BCUT2D eigenvalue weighted by Gasteiger charge is -2.22. The molecule has 0 radical (unpaired) electrons. The molecule has 0 saturated carbocycles. The topological polar surface area (TPSA) is 55.2 Å². The van der Waals surface area contributed by atoms with Crippen molar-refractivity contribution in [3.8, 4) is 0 Å². The van der Waals surface area contributed by atoms with Crippen LogP contribution in [0, 0.1) is 16.0 Å². The van der Waals surface area contributed by atoms with Gasteiger partial charge in [0, 0.05) is 22.7 Å². The molecule has 5 heteroatoms. The first-order valence-corrected chi connectivity index (χ1v) is 6.47. The highest BCUT2D eigenvalue weighted by Gasteiger charge is 2.20. The van der Waals surface area contributed by atoms with Crippen LogP contribution in [0.5, 0.6) is 0 Å². The molecule has 0 heterocycles. The van der Waals surface area contributed by atoms with E-state index >= 15 is 0 Å². The molecule has 0 saturated heterocycles. The molecule has 0 aromatic heterocycles. The van der Waals surface area contributed by atoms with Crippen LogP contribution >= 0.6 is 11.6 Å². The number of nitrogens with zero attached hydrogens (tertiary/aromatic N) is 1. The maximum Gasteiger partial charge on any atom is 0.272 e. The fourth-order valence-electron chi connectivity index (χ4n) is 2.09. The van der Waals surface area contributed by atoms with Crippen LogP contribution < -0.4 is 5.32 Å². The molecule has 18 heavy (non-hydrogen) atoms. The lowest BCUT2D eigenvalue weighted by atomic mass is 9.90. The van der Waals surface area contributed by atoms with Crippen LogP contribution in [0.4, 0.5) is 5.69 Å². The van der Waals surface area contributed by atoms with Crippen molar-refractivity contribution in [2.75, 3.05) is 7.05 Å². The third-order valence-electron chi connectivity index (χ3n) is 3.41. The summed E-state index contributed by atoms with van der Waals surface area (Å²) >= 11 is 5.92. The smallest absolute Gasteiger partial charge is 0.272 e. The van der Waals surface area contributed by atoms with Crippen LogP contribution in [0.25, 0.3) is 0 Å². The standard InChI is InChI=1S/C13H19ClN2O2/c1-4-10(9(2)15-3)7-11-8-12(14)5-6-13(11)16(17)18/h5-6,8-10,15H,4,7H2,1-3H3. The van der Waals surface area contributed by atoms with E-state index in [1.807, 2.05) is 7.05 Å². The summed E-state index contributed by atoms with van der Waals surface area (Å²) in [5.41, 5.74) is 0.864. The molecule has 0 amide bonds. The fraction of sp³-hybridized carbons (Fsp3) is 0.538. The highest BCUT2D eigenvalue weighted by Crippen LogP contribution is 2.27. The number of halogens is 1. The Balaban J connectivity index is 3.00. The molecule has 4 nitrogen and oxygen atoms in total. The fourth-order valence-corrected chi connectivity index (χ4v) is 2.28. The molecule has 0 aliphatic rings. The molecule has 2 unspecified atom stereocenters. The van der Waals surface area contributed by atoms with Crippen molar-refractivity contribution in [2.45, 2.75) is 32.7 Å². The van der Waals surface area contributed by atoms with Gasteiger partial charge >= 0.3 is 0 Å². The van der Waals surface area contributed by atoms with Crippen molar-refractivity contribution in [3.63, 3.8) is 0 Å². The lowest BCUT2D eigenvalue weighted by Crippen LogP contribution is -2.31. The van der Waals surface area contributed by atoms with E-state index in [0.717, 1.165) is 6.42 Å². The second-order valence-electron chi connectivity index (χ2n) is 4.48. The lowest BCUT2D eigenvalue weighted by molar-refractivity contribution is -0.385. The van der Waals surface area contributed by atoms with Crippen LogP contribution in [0.2, 0.25) is 5.02 Å². The van der Waals surface area contributed by atoms with Gasteiger partial charge in [-0.05, 0) is 38.4 Å². The summed E-state index contributed by atoms with van der Waals surface area (Å²) in [6.45, 7) is 4.18. The Morgan fingerprint density at radius 1 is 1.50 bits per heavy atom. The van der Waals surface area contributed by atoms with E-state index in [2.05, 4.69) is 19.2 Å².